The van der Waals surface area contributed by atoms with E-state index < -0.39 is 9.84 Å². The Morgan fingerprint density at radius 3 is 2.50 bits per heavy atom. The van der Waals surface area contributed by atoms with Gasteiger partial charge in [0.25, 0.3) is 0 Å². The number of sulfone groups is 1. The largest absolute Gasteiger partial charge is 0.347 e. The molecule has 30 heavy (non-hydrogen) atoms. The molecular formula is C25H24N2O2S. The molecule has 2 atom stereocenters. The second kappa shape index (κ2) is 6.43. The normalized spacial score (nSPS) is 21.1. The number of nitrogens with zero attached hydrogens (tertiary/aromatic N) is 1. The van der Waals surface area contributed by atoms with Gasteiger partial charge in [0.1, 0.15) is 0 Å². The lowest BCUT2D eigenvalue weighted by Crippen LogP contribution is -2.30. The fourth-order valence-corrected chi connectivity index (χ4v) is 6.71. The third kappa shape index (κ3) is 2.58. The van der Waals surface area contributed by atoms with Gasteiger partial charge in [-0.25, -0.2) is 8.42 Å². The van der Waals surface area contributed by atoms with Crippen LogP contribution in [0.5, 0.6) is 0 Å². The van der Waals surface area contributed by atoms with Crippen LogP contribution in [0, 0.1) is 5.92 Å². The van der Waals surface area contributed by atoms with Gasteiger partial charge in [0.15, 0.2) is 0 Å². The molecule has 0 spiro atoms. The van der Waals surface area contributed by atoms with Crippen molar-refractivity contribution in [3.8, 4) is 0 Å². The van der Waals surface area contributed by atoms with Crippen LogP contribution >= 0.6 is 0 Å². The topological polar surface area (TPSA) is 51.1 Å². The van der Waals surface area contributed by atoms with Crippen LogP contribution in [0.1, 0.15) is 30.1 Å². The van der Waals surface area contributed by atoms with Crippen molar-refractivity contribution in [3.63, 3.8) is 0 Å². The predicted octanol–water partition coefficient (Wildman–Crippen LogP) is 4.76. The van der Waals surface area contributed by atoms with Crippen molar-refractivity contribution < 1.29 is 8.42 Å². The minimum Gasteiger partial charge on any atom is -0.347 e. The summed E-state index contributed by atoms with van der Waals surface area (Å²) in [6.07, 6.45) is 3.43. The fraction of sp³-hybridized carbons (Fsp3) is 0.280. The molecule has 4 aromatic rings. The van der Waals surface area contributed by atoms with Crippen molar-refractivity contribution in [2.24, 2.45) is 13.0 Å². The number of aryl methyl sites for hydroxylation is 1. The van der Waals surface area contributed by atoms with Gasteiger partial charge in [-0.3, -0.25) is 0 Å². The van der Waals surface area contributed by atoms with Gasteiger partial charge >= 0.3 is 0 Å². The van der Waals surface area contributed by atoms with E-state index >= 15 is 0 Å². The lowest BCUT2D eigenvalue weighted by atomic mass is 9.95. The minimum absolute atomic E-state index is 0.320. The number of rotatable bonds is 2. The number of nitrogens with one attached hydrogen (secondary N) is 1. The van der Waals surface area contributed by atoms with Gasteiger partial charge in [-0.2, -0.15) is 0 Å². The Labute approximate surface area is 176 Å². The number of hydrogen-bond donors (Lipinski definition) is 1. The molecule has 1 aliphatic carbocycles. The second-order valence-corrected chi connectivity index (χ2v) is 10.7. The third-order valence-electron chi connectivity index (χ3n) is 7.02. The summed E-state index contributed by atoms with van der Waals surface area (Å²) in [7, 11) is -1.48. The molecule has 1 saturated heterocycles. The zero-order valence-corrected chi connectivity index (χ0v) is 17.7. The zero-order valence-electron chi connectivity index (χ0n) is 16.9. The summed E-state index contributed by atoms with van der Waals surface area (Å²) < 4.78 is 29.3. The molecule has 3 aromatic carbocycles. The van der Waals surface area contributed by atoms with Crippen molar-refractivity contribution in [1.82, 2.24) is 9.88 Å². The highest BCUT2D eigenvalue weighted by Crippen LogP contribution is 2.41. The average molecular weight is 417 g/mol. The second-order valence-electron chi connectivity index (χ2n) is 8.72. The quantitative estimate of drug-likeness (QED) is 0.513. The van der Waals surface area contributed by atoms with Crippen molar-refractivity contribution in [3.05, 3.63) is 71.9 Å². The van der Waals surface area contributed by atoms with Gasteiger partial charge in [-0.15, -0.1) is 0 Å². The van der Waals surface area contributed by atoms with Gasteiger partial charge in [0.2, 0.25) is 9.84 Å². The first kappa shape index (κ1) is 18.2. The minimum atomic E-state index is -3.59. The molecule has 2 unspecified atom stereocenters. The van der Waals surface area contributed by atoms with Crippen LogP contribution in [0.25, 0.3) is 21.7 Å². The van der Waals surface area contributed by atoms with Crippen LogP contribution in [0.4, 0.5) is 0 Å². The standard InChI is InChI=1S/C25H24N2O2S/c1-27-23-11-9-20(14-21(23)25-22-10-6-16(15-26-22)12-24(25)27)30(28,29)19-8-7-17-4-2-3-5-18(17)13-19/h2-5,7-9,11,13-14,16,22,26H,6,10,12,15H2,1H3. The molecule has 5 heteroatoms. The van der Waals surface area contributed by atoms with Crippen molar-refractivity contribution in [2.45, 2.75) is 35.1 Å². The van der Waals surface area contributed by atoms with E-state index in [1.165, 1.54) is 17.7 Å². The summed E-state index contributed by atoms with van der Waals surface area (Å²) in [6, 6.07) is 19.2. The highest BCUT2D eigenvalue weighted by molar-refractivity contribution is 7.91. The summed E-state index contributed by atoms with van der Waals surface area (Å²) in [6.45, 7) is 1.05. The third-order valence-corrected chi connectivity index (χ3v) is 8.77. The van der Waals surface area contributed by atoms with Crippen molar-refractivity contribution in [2.75, 3.05) is 6.54 Å². The maximum absolute atomic E-state index is 13.5. The van der Waals surface area contributed by atoms with Gasteiger partial charge in [-0.1, -0.05) is 30.3 Å². The number of aromatic nitrogens is 1. The smallest absolute Gasteiger partial charge is 0.206 e. The lowest BCUT2D eigenvalue weighted by molar-refractivity contribution is 0.332. The first-order valence-electron chi connectivity index (χ1n) is 10.6. The Bertz CT molecular complexity index is 1410. The summed E-state index contributed by atoms with van der Waals surface area (Å²) in [5.41, 5.74) is 3.79. The van der Waals surface area contributed by atoms with E-state index in [-0.39, 0.29) is 0 Å². The molecular weight excluding hydrogens is 392 g/mol. The molecule has 4 nitrogen and oxygen atoms in total. The monoisotopic (exact) mass is 416 g/mol. The molecule has 0 amide bonds. The van der Waals surface area contributed by atoms with Crippen LogP contribution in [-0.2, 0) is 23.3 Å². The summed E-state index contributed by atoms with van der Waals surface area (Å²) in [5.74, 6) is 0.673. The Morgan fingerprint density at radius 2 is 1.70 bits per heavy atom. The molecule has 1 aromatic heterocycles. The summed E-state index contributed by atoms with van der Waals surface area (Å²) in [5, 5.41) is 6.75. The van der Waals surface area contributed by atoms with Gasteiger partial charge < -0.3 is 9.88 Å². The van der Waals surface area contributed by atoms with E-state index in [0.29, 0.717) is 21.8 Å². The molecule has 3 heterocycles. The van der Waals surface area contributed by atoms with E-state index in [1.807, 2.05) is 42.5 Å². The highest BCUT2D eigenvalue weighted by atomic mass is 32.2. The van der Waals surface area contributed by atoms with E-state index in [9.17, 15) is 8.42 Å². The molecule has 1 fully saturated rings. The summed E-state index contributed by atoms with van der Waals surface area (Å²) >= 11 is 0. The van der Waals surface area contributed by atoms with E-state index in [0.717, 1.165) is 41.1 Å². The van der Waals surface area contributed by atoms with Gasteiger partial charge in [0.05, 0.1) is 9.79 Å². The van der Waals surface area contributed by atoms with Crippen LogP contribution in [0.2, 0.25) is 0 Å². The fourth-order valence-electron chi connectivity index (χ4n) is 5.39. The Kier molecular flexibility index (Phi) is 3.89. The van der Waals surface area contributed by atoms with Crippen LogP contribution < -0.4 is 5.32 Å². The van der Waals surface area contributed by atoms with Crippen LogP contribution in [0.15, 0.2) is 70.5 Å². The predicted molar refractivity (Wildman–Crippen MR) is 119 cm³/mol. The Balaban J connectivity index is 1.53. The SMILES string of the molecule is Cn1c2c(c3cc(S(=O)(=O)c4ccc5ccccc5c4)ccc31)C1CCC(CN1)C2. The maximum atomic E-state index is 13.5. The average Bonchev–Trinajstić information content (AvgIpc) is 2.92. The number of benzene rings is 3. The number of piperidine rings is 1. The van der Waals surface area contributed by atoms with Gasteiger partial charge in [0, 0.05) is 29.7 Å². The van der Waals surface area contributed by atoms with E-state index in [1.54, 1.807) is 18.2 Å². The Morgan fingerprint density at radius 1 is 0.933 bits per heavy atom. The van der Waals surface area contributed by atoms with E-state index in [4.69, 9.17) is 0 Å². The van der Waals surface area contributed by atoms with E-state index in [2.05, 4.69) is 16.9 Å². The van der Waals surface area contributed by atoms with Crippen molar-refractivity contribution in [1.29, 1.82) is 0 Å². The summed E-state index contributed by atoms with van der Waals surface area (Å²) in [4.78, 5) is 0.721. The molecule has 2 aliphatic heterocycles. The zero-order chi connectivity index (χ0) is 20.5. The van der Waals surface area contributed by atoms with Crippen LogP contribution in [0.3, 0.4) is 0 Å². The number of hydrogen-bond acceptors (Lipinski definition) is 3. The first-order valence-corrected chi connectivity index (χ1v) is 12.1. The molecule has 7 rings (SSSR count). The Hall–Kier alpha value is -2.63. The molecule has 1 N–H and O–H groups in total. The molecule has 152 valence electrons. The molecule has 2 bridgehead atoms. The van der Waals surface area contributed by atoms with Crippen molar-refractivity contribution >= 4 is 31.5 Å². The van der Waals surface area contributed by atoms with Gasteiger partial charge in [-0.05, 0) is 78.4 Å². The number of fused-ring (bicyclic) bond motifs is 4. The molecule has 0 radical (unpaired) electrons. The first-order chi connectivity index (χ1) is 14.5. The lowest BCUT2D eigenvalue weighted by Gasteiger charge is -2.25. The van der Waals surface area contributed by atoms with Crippen LogP contribution in [-0.4, -0.2) is 19.5 Å². The maximum Gasteiger partial charge on any atom is 0.206 e. The highest BCUT2D eigenvalue weighted by Gasteiger charge is 2.33. The molecule has 0 saturated carbocycles. The molecule has 3 aliphatic rings.